The molecule has 0 saturated heterocycles. The molecule has 6 heteroatoms. The van der Waals surface area contributed by atoms with E-state index in [-0.39, 0.29) is 11.3 Å². The summed E-state index contributed by atoms with van der Waals surface area (Å²) < 4.78 is 10.1. The van der Waals surface area contributed by atoms with Gasteiger partial charge in [0.2, 0.25) is 0 Å². The van der Waals surface area contributed by atoms with E-state index in [0.29, 0.717) is 11.5 Å². The fraction of sp³-hybridized carbons (Fsp3) is 0.214. The lowest BCUT2D eigenvalue weighted by atomic mass is 10.1. The SMILES string of the molecule is COC(=O)c1cc(OC2=CCCC=C2)ccc1[N+](=O)[O-]. The van der Waals surface area contributed by atoms with Crippen molar-refractivity contribution in [2.75, 3.05) is 7.11 Å². The first kappa shape index (κ1) is 13.8. The predicted octanol–water partition coefficient (Wildman–Crippen LogP) is 2.99. The number of hydrogen-bond donors (Lipinski definition) is 0. The lowest BCUT2D eigenvalue weighted by molar-refractivity contribution is -0.385. The van der Waals surface area contributed by atoms with Gasteiger partial charge in [0.1, 0.15) is 17.1 Å². The molecule has 20 heavy (non-hydrogen) atoms. The molecular formula is C14H13NO5. The van der Waals surface area contributed by atoms with Crippen LogP contribution in [0.15, 0.2) is 42.2 Å². The van der Waals surface area contributed by atoms with Gasteiger partial charge >= 0.3 is 5.97 Å². The van der Waals surface area contributed by atoms with Gasteiger partial charge in [-0.3, -0.25) is 10.1 Å². The number of benzene rings is 1. The summed E-state index contributed by atoms with van der Waals surface area (Å²) in [6.45, 7) is 0. The molecule has 1 aromatic rings. The third-order valence-corrected chi connectivity index (χ3v) is 2.77. The summed E-state index contributed by atoms with van der Waals surface area (Å²) in [7, 11) is 1.17. The number of rotatable bonds is 4. The van der Waals surface area contributed by atoms with E-state index in [2.05, 4.69) is 4.74 Å². The van der Waals surface area contributed by atoms with Gasteiger partial charge in [0.05, 0.1) is 12.0 Å². The molecule has 1 aliphatic rings. The molecule has 0 amide bonds. The minimum atomic E-state index is -0.768. The molecule has 0 fully saturated rings. The second kappa shape index (κ2) is 6.01. The molecule has 0 radical (unpaired) electrons. The van der Waals surface area contributed by atoms with Gasteiger partial charge in [0.15, 0.2) is 0 Å². The van der Waals surface area contributed by atoms with E-state index in [9.17, 15) is 14.9 Å². The Kier molecular flexibility index (Phi) is 4.14. The topological polar surface area (TPSA) is 78.7 Å². The summed E-state index contributed by atoms with van der Waals surface area (Å²) in [6, 6.07) is 4.00. The van der Waals surface area contributed by atoms with Gasteiger partial charge in [-0.25, -0.2) is 4.79 Å². The van der Waals surface area contributed by atoms with E-state index < -0.39 is 10.9 Å². The molecule has 0 N–H and O–H groups in total. The minimum absolute atomic E-state index is 0.129. The van der Waals surface area contributed by atoms with Gasteiger partial charge in [-0.2, -0.15) is 0 Å². The summed E-state index contributed by atoms with van der Waals surface area (Å²) >= 11 is 0. The molecule has 0 heterocycles. The number of nitro groups is 1. The van der Waals surface area contributed by atoms with Crippen LogP contribution in [0.3, 0.4) is 0 Å². The summed E-state index contributed by atoms with van der Waals surface area (Å²) in [5.41, 5.74) is -0.437. The lowest BCUT2D eigenvalue weighted by Crippen LogP contribution is -2.06. The van der Waals surface area contributed by atoms with Crippen LogP contribution in [-0.2, 0) is 4.74 Å². The van der Waals surface area contributed by atoms with Crippen LogP contribution >= 0.6 is 0 Å². The third-order valence-electron chi connectivity index (χ3n) is 2.77. The van der Waals surface area contributed by atoms with Gasteiger partial charge in [-0.15, -0.1) is 0 Å². The fourth-order valence-corrected chi connectivity index (χ4v) is 1.81. The Morgan fingerprint density at radius 2 is 2.15 bits per heavy atom. The second-order valence-corrected chi connectivity index (χ2v) is 4.12. The van der Waals surface area contributed by atoms with E-state index >= 15 is 0 Å². The van der Waals surface area contributed by atoms with Crippen LogP contribution in [-0.4, -0.2) is 18.0 Å². The molecule has 0 atom stereocenters. The maximum absolute atomic E-state index is 11.6. The minimum Gasteiger partial charge on any atom is -0.465 e. The predicted molar refractivity (Wildman–Crippen MR) is 71.5 cm³/mol. The number of carbonyl (C=O) groups is 1. The number of carbonyl (C=O) groups excluding carboxylic acids is 1. The number of methoxy groups -OCH3 is 1. The van der Waals surface area contributed by atoms with Gasteiger partial charge in [0.25, 0.3) is 5.69 Å². The summed E-state index contributed by atoms with van der Waals surface area (Å²) in [6.07, 6.45) is 7.55. The van der Waals surface area contributed by atoms with E-state index in [0.717, 1.165) is 12.8 Å². The van der Waals surface area contributed by atoms with Crippen molar-refractivity contribution in [1.82, 2.24) is 0 Å². The Balaban J connectivity index is 2.31. The van der Waals surface area contributed by atoms with Crippen molar-refractivity contribution in [3.05, 3.63) is 57.9 Å². The standard InChI is InChI=1S/C14H13NO5/c1-19-14(16)12-9-11(7-8-13(12)15(17)18)20-10-5-3-2-4-6-10/h3,5-9H,2,4H2,1H3. The van der Waals surface area contributed by atoms with Crippen LogP contribution in [0.2, 0.25) is 0 Å². The summed E-state index contributed by atoms with van der Waals surface area (Å²) in [5, 5.41) is 10.9. The van der Waals surface area contributed by atoms with Crippen molar-refractivity contribution in [2.24, 2.45) is 0 Å². The number of esters is 1. The Bertz CT molecular complexity index is 604. The highest BCUT2D eigenvalue weighted by molar-refractivity contribution is 5.94. The first-order valence-electron chi connectivity index (χ1n) is 6.03. The molecule has 0 aromatic heterocycles. The molecule has 0 saturated carbocycles. The average molecular weight is 275 g/mol. The lowest BCUT2D eigenvalue weighted by Gasteiger charge is -2.10. The molecule has 6 nitrogen and oxygen atoms in total. The first-order valence-corrected chi connectivity index (χ1v) is 6.03. The number of ether oxygens (including phenoxy) is 2. The smallest absolute Gasteiger partial charge is 0.345 e. The van der Waals surface area contributed by atoms with E-state index in [1.165, 1.54) is 25.3 Å². The maximum atomic E-state index is 11.6. The van der Waals surface area contributed by atoms with Crippen molar-refractivity contribution < 1.29 is 19.2 Å². The van der Waals surface area contributed by atoms with Crippen molar-refractivity contribution in [3.63, 3.8) is 0 Å². The molecule has 104 valence electrons. The zero-order valence-electron chi connectivity index (χ0n) is 10.9. The van der Waals surface area contributed by atoms with Gasteiger partial charge in [-0.1, -0.05) is 6.08 Å². The monoisotopic (exact) mass is 275 g/mol. The van der Waals surface area contributed by atoms with Crippen LogP contribution in [0, 0.1) is 10.1 Å². The number of allylic oxidation sites excluding steroid dienone is 3. The highest BCUT2D eigenvalue weighted by atomic mass is 16.6. The van der Waals surface area contributed by atoms with E-state index in [1.807, 2.05) is 18.2 Å². The van der Waals surface area contributed by atoms with Gasteiger partial charge in [-0.05, 0) is 31.1 Å². The van der Waals surface area contributed by atoms with Gasteiger partial charge in [0, 0.05) is 12.1 Å². The Morgan fingerprint density at radius 3 is 2.75 bits per heavy atom. The fourth-order valence-electron chi connectivity index (χ4n) is 1.81. The van der Waals surface area contributed by atoms with Gasteiger partial charge < -0.3 is 9.47 Å². The first-order chi connectivity index (χ1) is 9.61. The zero-order valence-corrected chi connectivity index (χ0v) is 10.9. The van der Waals surface area contributed by atoms with E-state index in [4.69, 9.17) is 4.74 Å². The molecule has 2 rings (SSSR count). The van der Waals surface area contributed by atoms with Crippen LogP contribution in [0.4, 0.5) is 5.69 Å². The summed E-state index contributed by atoms with van der Waals surface area (Å²) in [4.78, 5) is 21.8. The number of nitro benzene ring substituents is 1. The van der Waals surface area contributed by atoms with E-state index in [1.54, 1.807) is 0 Å². The van der Waals surface area contributed by atoms with Crippen molar-refractivity contribution >= 4 is 11.7 Å². The molecular weight excluding hydrogens is 262 g/mol. The average Bonchev–Trinajstić information content (AvgIpc) is 2.47. The van der Waals surface area contributed by atoms with Crippen LogP contribution in [0.25, 0.3) is 0 Å². The molecule has 0 bridgehead atoms. The van der Waals surface area contributed by atoms with Crippen LogP contribution < -0.4 is 4.74 Å². The third kappa shape index (κ3) is 3.03. The second-order valence-electron chi connectivity index (χ2n) is 4.12. The number of hydrogen-bond acceptors (Lipinski definition) is 5. The van der Waals surface area contributed by atoms with Crippen LogP contribution in [0.1, 0.15) is 23.2 Å². The van der Waals surface area contributed by atoms with Crippen molar-refractivity contribution in [2.45, 2.75) is 12.8 Å². The van der Waals surface area contributed by atoms with Crippen LogP contribution in [0.5, 0.6) is 5.75 Å². The summed E-state index contributed by atoms with van der Waals surface area (Å²) in [5.74, 6) is 0.241. The zero-order chi connectivity index (χ0) is 14.5. The molecule has 1 aromatic carbocycles. The normalized spacial score (nSPS) is 13.6. The Labute approximate surface area is 115 Å². The largest absolute Gasteiger partial charge is 0.465 e. The Hall–Kier alpha value is -2.63. The van der Waals surface area contributed by atoms with Crippen molar-refractivity contribution in [3.8, 4) is 5.75 Å². The molecule has 0 unspecified atom stereocenters. The molecule has 1 aliphatic carbocycles. The molecule has 0 aliphatic heterocycles. The highest BCUT2D eigenvalue weighted by Crippen LogP contribution is 2.26. The maximum Gasteiger partial charge on any atom is 0.345 e. The number of nitrogens with zero attached hydrogens (tertiary/aromatic N) is 1. The highest BCUT2D eigenvalue weighted by Gasteiger charge is 2.21. The quantitative estimate of drug-likeness (QED) is 0.479. The Morgan fingerprint density at radius 1 is 1.35 bits per heavy atom. The molecule has 0 spiro atoms. The van der Waals surface area contributed by atoms with Crippen molar-refractivity contribution in [1.29, 1.82) is 0 Å².